The van der Waals surface area contributed by atoms with E-state index in [2.05, 4.69) is 10.6 Å². The summed E-state index contributed by atoms with van der Waals surface area (Å²) in [5.74, 6) is 1.18. The van der Waals surface area contributed by atoms with Crippen LogP contribution in [0.25, 0.3) is 0 Å². The van der Waals surface area contributed by atoms with E-state index in [1.165, 1.54) is 4.90 Å². The highest BCUT2D eigenvalue weighted by molar-refractivity contribution is 7.99. The number of carbonyl (C=O) groups is 2. The fourth-order valence-electron chi connectivity index (χ4n) is 2.16. The number of thioether (sulfide) groups is 1. The first-order chi connectivity index (χ1) is 10.6. The van der Waals surface area contributed by atoms with Crippen LogP contribution in [0.4, 0.5) is 9.59 Å². The van der Waals surface area contributed by atoms with E-state index in [9.17, 15) is 9.59 Å². The van der Waals surface area contributed by atoms with Crippen molar-refractivity contribution in [1.29, 1.82) is 0 Å². The Balaban J connectivity index is 1.87. The van der Waals surface area contributed by atoms with Crippen LogP contribution in [0.3, 0.4) is 0 Å². The fourth-order valence-corrected chi connectivity index (χ4v) is 3.24. The summed E-state index contributed by atoms with van der Waals surface area (Å²) >= 11 is 1.58. The van der Waals surface area contributed by atoms with Crippen molar-refractivity contribution in [2.75, 3.05) is 18.2 Å². The zero-order chi connectivity index (χ0) is 15.9. The second-order valence-corrected chi connectivity index (χ2v) is 5.93. The minimum absolute atomic E-state index is 0.105. The van der Waals surface area contributed by atoms with Crippen LogP contribution in [0.15, 0.2) is 30.3 Å². The van der Waals surface area contributed by atoms with Gasteiger partial charge in [0, 0.05) is 5.75 Å². The van der Waals surface area contributed by atoms with Gasteiger partial charge in [0.15, 0.2) is 0 Å². The van der Waals surface area contributed by atoms with Gasteiger partial charge in [0.2, 0.25) is 0 Å². The van der Waals surface area contributed by atoms with Crippen LogP contribution in [-0.4, -0.2) is 41.4 Å². The van der Waals surface area contributed by atoms with Crippen molar-refractivity contribution in [1.82, 2.24) is 15.5 Å². The first-order valence-corrected chi connectivity index (χ1v) is 8.40. The van der Waals surface area contributed by atoms with Gasteiger partial charge in [-0.05, 0) is 19.4 Å². The average molecular weight is 323 g/mol. The smallest absolute Gasteiger partial charge is 0.412 e. The average Bonchev–Trinajstić information content (AvgIpc) is 2.96. The minimum atomic E-state index is -0.395. The molecular formula is C15H21N3O3S. The highest BCUT2D eigenvalue weighted by atomic mass is 32.2. The van der Waals surface area contributed by atoms with E-state index in [4.69, 9.17) is 4.74 Å². The van der Waals surface area contributed by atoms with Crippen molar-refractivity contribution in [3.8, 4) is 0 Å². The number of benzene rings is 1. The maximum absolute atomic E-state index is 12.1. The minimum Gasteiger partial charge on any atom is -0.450 e. The van der Waals surface area contributed by atoms with Crippen LogP contribution >= 0.6 is 11.8 Å². The molecule has 1 heterocycles. The van der Waals surface area contributed by atoms with Gasteiger partial charge in [0.05, 0.1) is 18.5 Å². The quantitative estimate of drug-likeness (QED) is 0.893. The van der Waals surface area contributed by atoms with Crippen molar-refractivity contribution < 1.29 is 14.3 Å². The summed E-state index contributed by atoms with van der Waals surface area (Å²) in [5, 5.41) is 5.70. The van der Waals surface area contributed by atoms with Gasteiger partial charge >= 0.3 is 12.1 Å². The zero-order valence-corrected chi connectivity index (χ0v) is 13.6. The summed E-state index contributed by atoms with van der Waals surface area (Å²) in [6.45, 7) is 4.00. The Hall–Kier alpha value is -1.89. The molecule has 22 heavy (non-hydrogen) atoms. The lowest BCUT2D eigenvalue weighted by atomic mass is 10.1. The first kappa shape index (κ1) is 16.5. The summed E-state index contributed by atoms with van der Waals surface area (Å²) in [6.07, 6.45) is -0.735. The van der Waals surface area contributed by atoms with Crippen LogP contribution in [0.5, 0.6) is 0 Å². The number of rotatable bonds is 4. The Bertz CT molecular complexity index is 512. The maximum atomic E-state index is 12.1. The van der Waals surface area contributed by atoms with Gasteiger partial charge < -0.3 is 15.4 Å². The number of nitrogens with one attached hydrogen (secondary N) is 2. The highest BCUT2D eigenvalue weighted by Crippen LogP contribution is 2.20. The molecule has 120 valence electrons. The number of hydrogen-bond donors (Lipinski definition) is 2. The van der Waals surface area contributed by atoms with Crippen molar-refractivity contribution in [3.05, 3.63) is 35.9 Å². The molecule has 1 aliphatic rings. The summed E-state index contributed by atoms with van der Waals surface area (Å²) in [7, 11) is 0. The van der Waals surface area contributed by atoms with Crippen molar-refractivity contribution in [3.63, 3.8) is 0 Å². The molecule has 0 aromatic heterocycles. The van der Waals surface area contributed by atoms with E-state index in [1.807, 2.05) is 37.3 Å². The Morgan fingerprint density at radius 2 is 2.14 bits per heavy atom. The maximum Gasteiger partial charge on any atom is 0.412 e. The Morgan fingerprint density at radius 1 is 1.41 bits per heavy atom. The highest BCUT2D eigenvalue weighted by Gasteiger charge is 2.31. The van der Waals surface area contributed by atoms with Crippen LogP contribution in [0.2, 0.25) is 0 Å². The van der Waals surface area contributed by atoms with Gasteiger partial charge in [-0.2, -0.15) is 0 Å². The van der Waals surface area contributed by atoms with Gasteiger partial charge in [-0.25, -0.2) is 9.59 Å². The standard InChI is InChI=1S/C15H21N3O3S/c1-3-21-15(20)18-10-22-9-13(18)17-14(19)16-11(2)12-7-5-4-6-8-12/h4-8,11,13H,3,9-10H2,1-2H3,(H2,16,17,19)/t11-,13+/m1/s1. The molecule has 3 amide bonds. The Labute approximate surface area is 134 Å². The van der Waals surface area contributed by atoms with Crippen LogP contribution in [0, 0.1) is 0 Å². The Kier molecular flexibility index (Phi) is 5.94. The third-order valence-electron chi connectivity index (χ3n) is 3.33. The lowest BCUT2D eigenvalue weighted by Gasteiger charge is -2.24. The first-order valence-electron chi connectivity index (χ1n) is 7.25. The van der Waals surface area contributed by atoms with Crippen LogP contribution in [0.1, 0.15) is 25.5 Å². The molecule has 2 atom stereocenters. The number of ether oxygens (including phenoxy) is 1. The molecule has 1 aliphatic heterocycles. The van der Waals surface area contributed by atoms with Gasteiger partial charge in [0.25, 0.3) is 0 Å². The lowest BCUT2D eigenvalue weighted by Crippen LogP contribution is -2.51. The largest absolute Gasteiger partial charge is 0.450 e. The van der Waals surface area contributed by atoms with Gasteiger partial charge in [0.1, 0.15) is 6.17 Å². The summed E-state index contributed by atoms with van der Waals surface area (Å²) < 4.78 is 4.99. The number of carbonyl (C=O) groups excluding carboxylic acids is 2. The van der Waals surface area contributed by atoms with E-state index in [-0.39, 0.29) is 18.2 Å². The summed E-state index contributed by atoms with van der Waals surface area (Å²) in [4.78, 5) is 25.4. The summed E-state index contributed by atoms with van der Waals surface area (Å²) in [5.41, 5.74) is 1.03. The van der Waals surface area contributed by atoms with E-state index < -0.39 is 6.09 Å². The molecular weight excluding hydrogens is 302 g/mol. The van der Waals surface area contributed by atoms with E-state index >= 15 is 0 Å². The van der Waals surface area contributed by atoms with Gasteiger partial charge in [-0.15, -0.1) is 11.8 Å². The molecule has 0 radical (unpaired) electrons. The van der Waals surface area contributed by atoms with E-state index in [0.717, 1.165) is 5.56 Å². The molecule has 0 saturated carbocycles. The third kappa shape index (κ3) is 4.30. The molecule has 7 heteroatoms. The predicted molar refractivity (Wildman–Crippen MR) is 86.5 cm³/mol. The van der Waals surface area contributed by atoms with Crippen molar-refractivity contribution >= 4 is 23.9 Å². The predicted octanol–water partition coefficient (Wildman–Crippen LogP) is 2.54. The number of nitrogens with zero attached hydrogens (tertiary/aromatic N) is 1. The zero-order valence-electron chi connectivity index (χ0n) is 12.7. The van der Waals surface area contributed by atoms with Gasteiger partial charge in [-0.3, -0.25) is 4.90 Å². The molecule has 1 aromatic carbocycles. The van der Waals surface area contributed by atoms with Crippen molar-refractivity contribution in [2.24, 2.45) is 0 Å². The lowest BCUT2D eigenvalue weighted by molar-refractivity contribution is 0.101. The topological polar surface area (TPSA) is 70.7 Å². The van der Waals surface area contributed by atoms with Crippen LogP contribution < -0.4 is 10.6 Å². The molecule has 1 saturated heterocycles. The molecule has 6 nitrogen and oxygen atoms in total. The number of urea groups is 1. The monoisotopic (exact) mass is 323 g/mol. The molecule has 0 unspecified atom stereocenters. The van der Waals surface area contributed by atoms with E-state index in [0.29, 0.717) is 18.2 Å². The SMILES string of the molecule is CCOC(=O)N1CSC[C@H]1NC(=O)N[C@H](C)c1ccccc1. The number of amides is 3. The fraction of sp³-hybridized carbons (Fsp3) is 0.467. The van der Waals surface area contributed by atoms with Crippen molar-refractivity contribution in [2.45, 2.75) is 26.1 Å². The molecule has 0 spiro atoms. The third-order valence-corrected chi connectivity index (χ3v) is 4.34. The normalized spacial score (nSPS) is 18.6. The van der Waals surface area contributed by atoms with E-state index in [1.54, 1.807) is 18.7 Å². The Morgan fingerprint density at radius 3 is 2.82 bits per heavy atom. The number of hydrogen-bond acceptors (Lipinski definition) is 4. The summed E-state index contributed by atoms with van der Waals surface area (Å²) in [6, 6.07) is 9.32. The molecule has 0 bridgehead atoms. The second-order valence-electron chi connectivity index (χ2n) is 4.93. The second kappa shape index (κ2) is 7.93. The molecule has 0 aliphatic carbocycles. The van der Waals surface area contributed by atoms with Gasteiger partial charge in [-0.1, -0.05) is 30.3 Å². The molecule has 2 N–H and O–H groups in total. The molecule has 2 rings (SSSR count). The van der Waals surface area contributed by atoms with Crippen LogP contribution in [-0.2, 0) is 4.74 Å². The molecule has 1 aromatic rings. The molecule has 1 fully saturated rings.